The van der Waals surface area contributed by atoms with Crippen LogP contribution in [0, 0.1) is 0 Å². The van der Waals surface area contributed by atoms with Gasteiger partial charge in [0, 0.05) is 5.92 Å². The molecule has 0 spiro atoms. The van der Waals surface area contributed by atoms with E-state index < -0.39 is 24.0 Å². The van der Waals surface area contributed by atoms with Crippen molar-refractivity contribution < 1.29 is 28.8 Å². The zero-order valence-corrected chi connectivity index (χ0v) is 16.3. The third-order valence-corrected chi connectivity index (χ3v) is 4.45. The average Bonchev–Trinajstić information content (AvgIpc) is 2.75. The van der Waals surface area contributed by atoms with Crippen LogP contribution < -0.4 is 19.9 Å². The van der Waals surface area contributed by atoms with Crippen LogP contribution in [-0.4, -0.2) is 51.2 Å². The molecule has 0 amide bonds. The monoisotopic (exact) mass is 389 g/mol. The van der Waals surface area contributed by atoms with Crippen LogP contribution in [0.5, 0.6) is 17.2 Å². The molecule has 152 valence electrons. The van der Waals surface area contributed by atoms with E-state index in [1.807, 2.05) is 18.2 Å². The third-order valence-electron chi connectivity index (χ3n) is 4.45. The molecule has 0 saturated heterocycles. The number of carbonyl (C=O) groups excluding carboxylic acids is 1. The molecule has 2 aromatic carbocycles. The van der Waals surface area contributed by atoms with E-state index in [0.717, 1.165) is 5.56 Å². The molecule has 3 N–H and O–H groups in total. The molecule has 0 bridgehead atoms. The topological polar surface area (TPSA) is 100 Å². The smallest absolute Gasteiger partial charge is 0.323 e. The normalized spacial score (nSPS) is 13.9. The highest BCUT2D eigenvalue weighted by Gasteiger charge is 2.30. The molecule has 0 heterocycles. The van der Waals surface area contributed by atoms with Crippen molar-refractivity contribution in [3.05, 3.63) is 54.1 Å². The number of nitrogens with two attached hydrogens (primary N) is 1. The molecular formula is C21H27NO6. The molecule has 0 aliphatic carbocycles. The summed E-state index contributed by atoms with van der Waals surface area (Å²) in [6.45, 7) is 0.0711. The Hall–Kier alpha value is -2.77. The van der Waals surface area contributed by atoms with Gasteiger partial charge in [-0.2, -0.15) is 0 Å². The number of rotatable bonds is 10. The molecule has 0 radical (unpaired) electrons. The molecule has 7 nitrogen and oxygen atoms in total. The minimum absolute atomic E-state index is 0.0711. The van der Waals surface area contributed by atoms with Crippen LogP contribution in [0.4, 0.5) is 0 Å². The SMILES string of the molecule is COC(=O)C(N)C(C[C@H](O)COc1ccccc1)c1ccc(OC)c(OC)c1. The molecule has 2 unspecified atom stereocenters. The van der Waals surface area contributed by atoms with E-state index in [9.17, 15) is 9.90 Å². The summed E-state index contributed by atoms with van der Waals surface area (Å²) in [5.74, 6) is 0.667. The second-order valence-corrected chi connectivity index (χ2v) is 6.28. The fourth-order valence-electron chi connectivity index (χ4n) is 2.94. The molecule has 28 heavy (non-hydrogen) atoms. The van der Waals surface area contributed by atoms with Crippen molar-refractivity contribution >= 4 is 5.97 Å². The summed E-state index contributed by atoms with van der Waals surface area (Å²) in [6, 6.07) is 13.5. The Morgan fingerprint density at radius 2 is 1.71 bits per heavy atom. The first-order valence-electron chi connectivity index (χ1n) is 8.91. The van der Waals surface area contributed by atoms with E-state index >= 15 is 0 Å². The molecular weight excluding hydrogens is 362 g/mol. The lowest BCUT2D eigenvalue weighted by Gasteiger charge is -2.25. The highest BCUT2D eigenvalue weighted by atomic mass is 16.5. The van der Waals surface area contributed by atoms with Crippen LogP contribution in [0.1, 0.15) is 17.9 Å². The van der Waals surface area contributed by atoms with Crippen molar-refractivity contribution in [3.8, 4) is 17.2 Å². The molecule has 3 atom stereocenters. The van der Waals surface area contributed by atoms with Gasteiger partial charge in [-0.25, -0.2) is 0 Å². The standard InChI is InChI=1S/C21H27NO6/c1-25-18-10-9-14(11-19(18)26-2)17(20(22)21(24)27-3)12-15(23)13-28-16-7-5-4-6-8-16/h4-11,15,17,20,23H,12-13,22H2,1-3H3/t15-,17?,20?/m0/s1. The largest absolute Gasteiger partial charge is 0.493 e. The van der Waals surface area contributed by atoms with Crippen molar-refractivity contribution in [1.82, 2.24) is 0 Å². The summed E-state index contributed by atoms with van der Waals surface area (Å²) in [4.78, 5) is 12.0. The van der Waals surface area contributed by atoms with Crippen molar-refractivity contribution in [3.63, 3.8) is 0 Å². The minimum atomic E-state index is -0.950. The van der Waals surface area contributed by atoms with Crippen LogP contribution in [0.15, 0.2) is 48.5 Å². The summed E-state index contributed by atoms with van der Waals surface area (Å²) in [5.41, 5.74) is 6.85. The Morgan fingerprint density at radius 3 is 2.32 bits per heavy atom. The number of ether oxygens (including phenoxy) is 4. The van der Waals surface area contributed by atoms with Gasteiger partial charge >= 0.3 is 5.97 Å². The predicted molar refractivity (Wildman–Crippen MR) is 105 cm³/mol. The second kappa shape index (κ2) is 10.5. The summed E-state index contributed by atoms with van der Waals surface area (Å²) in [6.07, 6.45) is -0.632. The van der Waals surface area contributed by atoms with Crippen LogP contribution >= 0.6 is 0 Å². The van der Waals surface area contributed by atoms with E-state index in [4.69, 9.17) is 24.7 Å². The predicted octanol–water partition coefficient (Wildman–Crippen LogP) is 2.12. The summed E-state index contributed by atoms with van der Waals surface area (Å²) >= 11 is 0. The number of benzene rings is 2. The van der Waals surface area contributed by atoms with E-state index in [2.05, 4.69) is 0 Å². The van der Waals surface area contributed by atoms with Gasteiger partial charge in [0.2, 0.25) is 0 Å². The number of esters is 1. The zero-order chi connectivity index (χ0) is 20.5. The van der Waals surface area contributed by atoms with Gasteiger partial charge in [0.05, 0.1) is 27.4 Å². The number of aliphatic hydroxyl groups is 1. The molecule has 0 aliphatic rings. The highest BCUT2D eigenvalue weighted by molar-refractivity contribution is 5.76. The fraction of sp³-hybridized carbons (Fsp3) is 0.381. The van der Waals surface area contributed by atoms with Crippen molar-refractivity contribution in [2.24, 2.45) is 5.73 Å². The van der Waals surface area contributed by atoms with Crippen LogP contribution in [0.2, 0.25) is 0 Å². The van der Waals surface area contributed by atoms with Gasteiger partial charge in [0.25, 0.3) is 0 Å². The molecule has 7 heteroatoms. The number of hydrogen-bond acceptors (Lipinski definition) is 7. The first-order valence-corrected chi connectivity index (χ1v) is 8.91. The van der Waals surface area contributed by atoms with Gasteiger partial charge in [0.1, 0.15) is 18.4 Å². The van der Waals surface area contributed by atoms with Crippen LogP contribution in [0.25, 0.3) is 0 Å². The maximum atomic E-state index is 12.0. The fourth-order valence-corrected chi connectivity index (χ4v) is 2.94. The Labute approximate surface area is 165 Å². The number of methoxy groups -OCH3 is 3. The van der Waals surface area contributed by atoms with Crippen molar-refractivity contribution in [2.75, 3.05) is 27.9 Å². The summed E-state index contributed by atoms with van der Waals surface area (Å²) in [7, 11) is 4.35. The second-order valence-electron chi connectivity index (χ2n) is 6.28. The molecule has 0 aliphatic heterocycles. The Bertz CT molecular complexity index is 752. The molecule has 2 aromatic rings. The van der Waals surface area contributed by atoms with Gasteiger partial charge in [-0.05, 0) is 36.2 Å². The molecule has 0 saturated carbocycles. The maximum Gasteiger partial charge on any atom is 0.323 e. The average molecular weight is 389 g/mol. The number of para-hydroxylation sites is 1. The van der Waals surface area contributed by atoms with E-state index in [-0.39, 0.29) is 13.0 Å². The van der Waals surface area contributed by atoms with Gasteiger partial charge in [-0.3, -0.25) is 4.79 Å². The number of hydrogen-bond donors (Lipinski definition) is 2. The van der Waals surface area contributed by atoms with E-state index in [0.29, 0.717) is 17.2 Å². The van der Waals surface area contributed by atoms with Crippen LogP contribution in [0.3, 0.4) is 0 Å². The quantitative estimate of drug-likeness (QED) is 0.600. The van der Waals surface area contributed by atoms with Crippen LogP contribution in [-0.2, 0) is 9.53 Å². The lowest BCUT2D eigenvalue weighted by atomic mass is 9.86. The first kappa shape index (κ1) is 21.5. The lowest BCUT2D eigenvalue weighted by Crippen LogP contribution is -2.39. The Kier molecular flexibility index (Phi) is 8.10. The summed E-state index contributed by atoms with van der Waals surface area (Å²) in [5, 5.41) is 10.5. The first-order chi connectivity index (χ1) is 13.5. The third kappa shape index (κ3) is 5.61. The van der Waals surface area contributed by atoms with Gasteiger partial charge < -0.3 is 29.8 Å². The zero-order valence-electron chi connectivity index (χ0n) is 16.3. The molecule has 2 rings (SSSR count). The van der Waals surface area contributed by atoms with Gasteiger partial charge in [-0.1, -0.05) is 24.3 Å². The maximum absolute atomic E-state index is 12.0. The van der Waals surface area contributed by atoms with E-state index in [1.54, 1.807) is 37.4 Å². The highest BCUT2D eigenvalue weighted by Crippen LogP contribution is 2.33. The number of aliphatic hydroxyl groups excluding tert-OH is 1. The Balaban J connectivity index is 2.18. The lowest BCUT2D eigenvalue weighted by molar-refractivity contribution is -0.143. The summed E-state index contributed by atoms with van der Waals surface area (Å²) < 4.78 is 21.0. The minimum Gasteiger partial charge on any atom is -0.493 e. The molecule has 0 aromatic heterocycles. The number of carbonyl (C=O) groups is 1. The Morgan fingerprint density at radius 1 is 1.04 bits per heavy atom. The van der Waals surface area contributed by atoms with Crippen molar-refractivity contribution in [1.29, 1.82) is 0 Å². The molecule has 0 fully saturated rings. The van der Waals surface area contributed by atoms with Gasteiger partial charge in [0.15, 0.2) is 11.5 Å². The van der Waals surface area contributed by atoms with E-state index in [1.165, 1.54) is 14.2 Å². The van der Waals surface area contributed by atoms with Gasteiger partial charge in [-0.15, -0.1) is 0 Å². The van der Waals surface area contributed by atoms with Crippen molar-refractivity contribution in [2.45, 2.75) is 24.5 Å².